The van der Waals surface area contributed by atoms with Crippen LogP contribution in [0.3, 0.4) is 0 Å². The fourth-order valence-electron chi connectivity index (χ4n) is 3.07. The predicted octanol–water partition coefficient (Wildman–Crippen LogP) is 1.82. The second kappa shape index (κ2) is 6.88. The van der Waals surface area contributed by atoms with Gasteiger partial charge in [0.25, 0.3) is 5.91 Å². The molecule has 0 aliphatic heterocycles. The van der Waals surface area contributed by atoms with Crippen LogP contribution in [-0.4, -0.2) is 32.2 Å². The van der Waals surface area contributed by atoms with Crippen molar-refractivity contribution < 1.29 is 19.0 Å². The van der Waals surface area contributed by atoms with Crippen molar-refractivity contribution in [3.63, 3.8) is 0 Å². The van der Waals surface area contributed by atoms with Gasteiger partial charge in [0, 0.05) is 12.3 Å². The maximum absolute atomic E-state index is 12.5. The number of fused-ring (bicyclic) bond motifs is 1. The lowest BCUT2D eigenvalue weighted by Crippen LogP contribution is -2.28. The molecule has 1 aliphatic carbocycles. The maximum atomic E-state index is 12.5. The highest BCUT2D eigenvalue weighted by Gasteiger charge is 2.27. The van der Waals surface area contributed by atoms with Crippen molar-refractivity contribution in [2.75, 3.05) is 21.3 Å². The Kier molecular flexibility index (Phi) is 4.65. The number of benzene rings is 1. The topological polar surface area (TPSA) is 89.7 Å². The summed E-state index contributed by atoms with van der Waals surface area (Å²) in [7, 11) is 4.58. The summed E-state index contributed by atoms with van der Waals surface area (Å²) in [6.07, 6.45) is 2.99. The monoisotopic (exact) mass is 344 g/mol. The van der Waals surface area contributed by atoms with E-state index in [1.807, 2.05) is 12.1 Å². The van der Waals surface area contributed by atoms with Crippen molar-refractivity contribution >= 4 is 5.91 Å². The molecule has 0 fully saturated rings. The van der Waals surface area contributed by atoms with Gasteiger partial charge < -0.3 is 24.5 Å². The van der Waals surface area contributed by atoms with Gasteiger partial charge in [0.2, 0.25) is 5.43 Å². The van der Waals surface area contributed by atoms with Gasteiger partial charge in [0.05, 0.1) is 27.4 Å². The van der Waals surface area contributed by atoms with E-state index in [4.69, 9.17) is 14.2 Å². The number of aromatic nitrogens is 1. The van der Waals surface area contributed by atoms with Crippen molar-refractivity contribution in [1.29, 1.82) is 0 Å². The van der Waals surface area contributed by atoms with Crippen LogP contribution in [0.15, 0.2) is 29.2 Å². The summed E-state index contributed by atoms with van der Waals surface area (Å²) in [6, 6.07) is 4.92. The molecule has 1 aromatic heterocycles. The third-order valence-corrected chi connectivity index (χ3v) is 4.37. The largest absolute Gasteiger partial charge is 0.493 e. The number of nitrogens with one attached hydrogen (secondary N) is 2. The molecule has 1 heterocycles. The molecule has 3 rings (SSSR count). The van der Waals surface area contributed by atoms with Crippen LogP contribution in [0, 0.1) is 0 Å². The van der Waals surface area contributed by atoms with E-state index in [-0.39, 0.29) is 28.8 Å². The minimum absolute atomic E-state index is 0.145. The molecule has 132 valence electrons. The Morgan fingerprint density at radius 2 is 1.76 bits per heavy atom. The van der Waals surface area contributed by atoms with Gasteiger partial charge in [-0.15, -0.1) is 0 Å². The van der Waals surface area contributed by atoms with Crippen LogP contribution in [0.5, 0.6) is 17.2 Å². The first-order valence-electron chi connectivity index (χ1n) is 7.89. The third-order valence-electron chi connectivity index (χ3n) is 4.37. The number of carbonyl (C=O) groups excluding carboxylic acids is 1. The van der Waals surface area contributed by atoms with E-state index in [1.54, 1.807) is 14.2 Å². The van der Waals surface area contributed by atoms with Gasteiger partial charge in [-0.1, -0.05) is 0 Å². The molecule has 2 aromatic rings. The zero-order valence-corrected chi connectivity index (χ0v) is 14.3. The maximum Gasteiger partial charge on any atom is 0.268 e. The van der Waals surface area contributed by atoms with Crippen molar-refractivity contribution in [1.82, 2.24) is 10.3 Å². The Morgan fingerprint density at radius 3 is 2.40 bits per heavy atom. The van der Waals surface area contributed by atoms with Crippen LogP contribution in [-0.2, 0) is 6.42 Å². The summed E-state index contributed by atoms with van der Waals surface area (Å²) in [6.45, 7) is 0. The van der Waals surface area contributed by atoms with Crippen LogP contribution in [0.25, 0.3) is 0 Å². The fourth-order valence-corrected chi connectivity index (χ4v) is 3.07. The lowest BCUT2D eigenvalue weighted by Gasteiger charge is -2.16. The van der Waals surface area contributed by atoms with Gasteiger partial charge >= 0.3 is 0 Å². The van der Waals surface area contributed by atoms with Crippen LogP contribution < -0.4 is 25.0 Å². The molecule has 25 heavy (non-hydrogen) atoms. The number of pyridine rings is 1. The molecule has 0 radical (unpaired) electrons. The van der Waals surface area contributed by atoms with E-state index in [1.165, 1.54) is 19.4 Å². The van der Waals surface area contributed by atoms with E-state index in [9.17, 15) is 9.59 Å². The summed E-state index contributed by atoms with van der Waals surface area (Å²) in [5, 5.41) is 2.96. The number of methoxy groups -OCH3 is 3. The minimum atomic E-state index is -0.343. The standard InChI is InChI=1S/C18H20N2O5/c1-23-15-6-10-4-5-12(11(10)7-16(15)24-2)20-18(22)13-8-14(21)17(25-3)9-19-13/h6-9,12H,4-5H2,1-3H3,(H,19,21)(H,20,22). The summed E-state index contributed by atoms with van der Waals surface area (Å²) in [5.74, 6) is 1.12. The first-order valence-corrected chi connectivity index (χ1v) is 7.89. The van der Waals surface area contributed by atoms with Gasteiger partial charge in [0.1, 0.15) is 5.69 Å². The Hall–Kier alpha value is -2.96. The Balaban J connectivity index is 1.83. The van der Waals surface area contributed by atoms with Gasteiger partial charge in [-0.25, -0.2) is 0 Å². The Labute approximate surface area is 144 Å². The molecule has 1 unspecified atom stereocenters. The Bertz CT molecular complexity index is 859. The van der Waals surface area contributed by atoms with Crippen LogP contribution >= 0.6 is 0 Å². The summed E-state index contributed by atoms with van der Waals surface area (Å²) in [5.41, 5.74) is 1.97. The van der Waals surface area contributed by atoms with Crippen LogP contribution in [0.2, 0.25) is 0 Å². The Morgan fingerprint density at radius 1 is 1.08 bits per heavy atom. The number of aromatic amines is 1. The molecule has 2 N–H and O–H groups in total. The van der Waals surface area contributed by atoms with Crippen molar-refractivity contribution in [3.05, 3.63) is 51.4 Å². The quantitative estimate of drug-likeness (QED) is 0.863. The van der Waals surface area contributed by atoms with E-state index in [0.717, 1.165) is 24.0 Å². The highest BCUT2D eigenvalue weighted by molar-refractivity contribution is 5.92. The zero-order chi connectivity index (χ0) is 18.0. The highest BCUT2D eigenvalue weighted by atomic mass is 16.5. The summed E-state index contributed by atoms with van der Waals surface area (Å²) in [4.78, 5) is 27.1. The van der Waals surface area contributed by atoms with Crippen LogP contribution in [0.4, 0.5) is 0 Å². The molecule has 7 nitrogen and oxygen atoms in total. The number of carbonyl (C=O) groups is 1. The number of ether oxygens (including phenoxy) is 3. The van der Waals surface area contributed by atoms with E-state index < -0.39 is 0 Å². The molecule has 0 saturated heterocycles. The lowest BCUT2D eigenvalue weighted by molar-refractivity contribution is 0.0931. The number of H-pyrrole nitrogens is 1. The number of aryl methyl sites for hydroxylation is 1. The molecule has 0 saturated carbocycles. The normalized spacial score (nSPS) is 15.4. The van der Waals surface area contributed by atoms with E-state index in [0.29, 0.717) is 11.5 Å². The van der Waals surface area contributed by atoms with Gasteiger partial charge in [0.15, 0.2) is 17.2 Å². The first kappa shape index (κ1) is 16.9. The average molecular weight is 344 g/mol. The number of hydrogen-bond acceptors (Lipinski definition) is 5. The van der Waals surface area contributed by atoms with Gasteiger partial charge in [-0.3, -0.25) is 9.59 Å². The molecule has 0 bridgehead atoms. The predicted molar refractivity (Wildman–Crippen MR) is 91.7 cm³/mol. The number of amides is 1. The molecule has 0 spiro atoms. The third kappa shape index (κ3) is 3.17. The lowest BCUT2D eigenvalue weighted by atomic mass is 10.1. The molecule has 1 amide bonds. The van der Waals surface area contributed by atoms with Crippen molar-refractivity contribution in [2.24, 2.45) is 0 Å². The van der Waals surface area contributed by atoms with Crippen LogP contribution in [0.1, 0.15) is 34.1 Å². The second-order valence-electron chi connectivity index (χ2n) is 5.75. The average Bonchev–Trinajstić information content (AvgIpc) is 3.02. The van der Waals surface area contributed by atoms with Crippen molar-refractivity contribution in [2.45, 2.75) is 18.9 Å². The van der Waals surface area contributed by atoms with Gasteiger partial charge in [-0.05, 0) is 36.1 Å². The molecular formula is C18H20N2O5. The van der Waals surface area contributed by atoms with Crippen molar-refractivity contribution in [3.8, 4) is 17.2 Å². The SMILES string of the molecule is COc1cc2c(cc1OC)C(NC(=O)c1cc(=O)c(OC)c[nH]1)CC2. The molecular weight excluding hydrogens is 324 g/mol. The minimum Gasteiger partial charge on any atom is -0.493 e. The number of rotatable bonds is 5. The second-order valence-corrected chi connectivity index (χ2v) is 5.75. The molecule has 1 atom stereocenters. The molecule has 7 heteroatoms. The van der Waals surface area contributed by atoms with Gasteiger partial charge in [-0.2, -0.15) is 0 Å². The molecule has 1 aromatic carbocycles. The molecule has 1 aliphatic rings. The summed E-state index contributed by atoms with van der Waals surface area (Å²) >= 11 is 0. The fraction of sp³-hybridized carbons (Fsp3) is 0.333. The first-order chi connectivity index (χ1) is 12.1. The smallest absolute Gasteiger partial charge is 0.268 e. The van der Waals surface area contributed by atoms with E-state index in [2.05, 4.69) is 10.3 Å². The van der Waals surface area contributed by atoms with E-state index >= 15 is 0 Å². The summed E-state index contributed by atoms with van der Waals surface area (Å²) < 4.78 is 15.6. The highest BCUT2D eigenvalue weighted by Crippen LogP contribution is 2.39. The zero-order valence-electron chi connectivity index (χ0n) is 14.3. The number of hydrogen-bond donors (Lipinski definition) is 2.